The Morgan fingerprint density at radius 2 is 1.93 bits per heavy atom. The van der Waals surface area contributed by atoms with Gasteiger partial charge in [-0.2, -0.15) is 13.2 Å². The lowest BCUT2D eigenvalue weighted by atomic mass is 10.2. The van der Waals surface area contributed by atoms with Gasteiger partial charge in [0.25, 0.3) is 5.91 Å². The molecule has 0 spiro atoms. The minimum Gasteiger partial charge on any atom is -0.454 e. The Bertz CT molecular complexity index is 1040. The second kappa shape index (κ2) is 7.06. The molecule has 4 rings (SSSR count). The van der Waals surface area contributed by atoms with Gasteiger partial charge in [-0.25, -0.2) is 4.99 Å². The van der Waals surface area contributed by atoms with Gasteiger partial charge in [-0.15, -0.1) is 0 Å². The molecule has 1 N–H and O–H groups in total. The fourth-order valence-electron chi connectivity index (χ4n) is 2.58. The molecule has 1 saturated heterocycles. The van der Waals surface area contributed by atoms with E-state index in [0.29, 0.717) is 22.0 Å². The molecule has 10 heteroatoms. The number of thioether (sulfide) groups is 1. The number of amides is 1. The van der Waals surface area contributed by atoms with Crippen molar-refractivity contribution in [2.75, 3.05) is 6.79 Å². The Morgan fingerprint density at radius 1 is 1.14 bits per heavy atom. The highest BCUT2D eigenvalue weighted by Gasteiger charge is 2.34. The lowest BCUT2D eigenvalue weighted by molar-refractivity contribution is -0.137. The van der Waals surface area contributed by atoms with Crippen molar-refractivity contribution in [1.82, 2.24) is 5.32 Å². The van der Waals surface area contributed by atoms with Gasteiger partial charge in [0.15, 0.2) is 16.7 Å². The number of carbonyl (C=O) groups is 1. The van der Waals surface area contributed by atoms with E-state index in [1.165, 1.54) is 6.07 Å². The molecule has 0 bridgehead atoms. The Balaban J connectivity index is 1.62. The number of carbonyl (C=O) groups excluding carboxylic acids is 1. The summed E-state index contributed by atoms with van der Waals surface area (Å²) in [5.74, 6) is 0.710. The van der Waals surface area contributed by atoms with Gasteiger partial charge in [0, 0.05) is 5.02 Å². The third-order valence-corrected chi connectivity index (χ3v) is 4.98. The first-order chi connectivity index (χ1) is 13.3. The zero-order chi connectivity index (χ0) is 19.9. The minimum atomic E-state index is -4.62. The molecule has 0 atom stereocenters. The number of nitrogens with zero attached hydrogens (tertiary/aromatic N) is 1. The normalized spacial score (nSPS) is 18.8. The molecular weight excluding hydrogens is 417 g/mol. The number of hydrogen-bond donors (Lipinski definition) is 1. The van der Waals surface area contributed by atoms with E-state index >= 15 is 0 Å². The van der Waals surface area contributed by atoms with Gasteiger partial charge in [-0.05, 0) is 53.7 Å². The Hall–Kier alpha value is -2.65. The summed E-state index contributed by atoms with van der Waals surface area (Å²) in [6.45, 7) is 0.129. The van der Waals surface area contributed by atoms with Crippen LogP contribution in [0, 0.1) is 0 Å². The summed E-state index contributed by atoms with van der Waals surface area (Å²) in [5.41, 5.74) is -0.620. The van der Waals surface area contributed by atoms with E-state index in [1.54, 1.807) is 24.3 Å². The van der Waals surface area contributed by atoms with Gasteiger partial charge in [-0.3, -0.25) is 4.79 Å². The van der Waals surface area contributed by atoms with Gasteiger partial charge in [-0.1, -0.05) is 17.7 Å². The first kappa shape index (κ1) is 18.7. The maximum Gasteiger partial charge on any atom is 0.418 e. The van der Waals surface area contributed by atoms with Crippen molar-refractivity contribution in [1.29, 1.82) is 0 Å². The predicted octanol–water partition coefficient (Wildman–Crippen LogP) is 4.98. The van der Waals surface area contributed by atoms with Crippen LogP contribution in [0.4, 0.5) is 18.9 Å². The summed E-state index contributed by atoms with van der Waals surface area (Å²) >= 11 is 6.61. The number of amidine groups is 1. The molecule has 2 aliphatic rings. The van der Waals surface area contributed by atoms with Crippen LogP contribution in [0.3, 0.4) is 0 Å². The SMILES string of the molecule is O=C1NC(=Nc2ccc(Cl)cc2C(F)(F)F)SC1=Cc1ccc2c(c1)OCO2. The van der Waals surface area contributed by atoms with Crippen LogP contribution in [0.25, 0.3) is 6.08 Å². The number of ether oxygens (including phenoxy) is 2. The molecule has 2 heterocycles. The lowest BCUT2D eigenvalue weighted by Crippen LogP contribution is -2.19. The molecule has 2 aromatic carbocycles. The minimum absolute atomic E-state index is 0.0461. The van der Waals surface area contributed by atoms with E-state index < -0.39 is 17.6 Å². The van der Waals surface area contributed by atoms with E-state index in [4.69, 9.17) is 21.1 Å². The van der Waals surface area contributed by atoms with E-state index in [-0.39, 0.29) is 22.7 Å². The number of benzene rings is 2. The van der Waals surface area contributed by atoms with E-state index in [0.717, 1.165) is 23.9 Å². The molecule has 2 aromatic rings. The zero-order valence-electron chi connectivity index (χ0n) is 13.8. The summed E-state index contributed by atoms with van der Waals surface area (Å²) in [5, 5.41) is 2.46. The third-order valence-electron chi connectivity index (χ3n) is 3.83. The number of alkyl halides is 3. The second-order valence-electron chi connectivity index (χ2n) is 5.75. The zero-order valence-corrected chi connectivity index (χ0v) is 15.4. The van der Waals surface area contributed by atoms with Gasteiger partial charge >= 0.3 is 6.18 Å². The number of aliphatic imine (C=N–C) groups is 1. The van der Waals surface area contributed by atoms with Crippen molar-refractivity contribution in [3.05, 3.63) is 57.5 Å². The molecule has 0 aliphatic carbocycles. The quantitative estimate of drug-likeness (QED) is 0.688. The van der Waals surface area contributed by atoms with Crippen molar-refractivity contribution in [2.24, 2.45) is 4.99 Å². The van der Waals surface area contributed by atoms with Crippen LogP contribution < -0.4 is 14.8 Å². The van der Waals surface area contributed by atoms with Crippen LogP contribution >= 0.6 is 23.4 Å². The summed E-state index contributed by atoms with van der Waals surface area (Å²) in [4.78, 5) is 16.4. The van der Waals surface area contributed by atoms with E-state index in [1.807, 2.05) is 0 Å². The number of hydrogen-bond acceptors (Lipinski definition) is 5. The molecule has 0 unspecified atom stereocenters. The highest BCUT2D eigenvalue weighted by Crippen LogP contribution is 2.39. The molecular formula is C18H10ClF3N2O3S. The molecule has 0 saturated carbocycles. The standard InChI is InChI=1S/C18H10ClF3N2O3S/c19-10-2-3-12(11(7-10)18(20,21)22)23-17-24-16(25)15(28-17)6-9-1-4-13-14(5-9)27-8-26-13/h1-7H,8H2,(H,23,24,25). The highest BCUT2D eigenvalue weighted by molar-refractivity contribution is 8.18. The molecule has 144 valence electrons. The van der Waals surface area contributed by atoms with E-state index in [2.05, 4.69) is 10.3 Å². The van der Waals surface area contributed by atoms with Gasteiger partial charge in [0.2, 0.25) is 6.79 Å². The highest BCUT2D eigenvalue weighted by atomic mass is 35.5. The molecule has 0 radical (unpaired) electrons. The molecule has 2 aliphatic heterocycles. The maximum absolute atomic E-state index is 13.2. The van der Waals surface area contributed by atoms with Gasteiger partial charge < -0.3 is 14.8 Å². The smallest absolute Gasteiger partial charge is 0.418 e. The monoisotopic (exact) mass is 426 g/mol. The maximum atomic E-state index is 13.2. The first-order valence-corrected chi connectivity index (χ1v) is 9.05. The molecule has 5 nitrogen and oxygen atoms in total. The number of halogens is 4. The Kier molecular flexibility index (Phi) is 4.72. The summed E-state index contributed by atoms with van der Waals surface area (Å²) in [6.07, 6.45) is -3.03. The molecule has 0 aromatic heterocycles. The van der Waals surface area contributed by atoms with Crippen molar-refractivity contribution < 1.29 is 27.4 Å². The number of nitrogens with one attached hydrogen (secondary N) is 1. The summed E-state index contributed by atoms with van der Waals surface area (Å²) in [7, 11) is 0. The third kappa shape index (κ3) is 3.81. The average Bonchev–Trinajstić information content (AvgIpc) is 3.22. The first-order valence-electron chi connectivity index (χ1n) is 7.85. The van der Waals surface area contributed by atoms with Crippen molar-refractivity contribution in [3.63, 3.8) is 0 Å². The van der Waals surface area contributed by atoms with Crippen LogP contribution in [0.2, 0.25) is 5.02 Å². The van der Waals surface area contributed by atoms with Crippen molar-refractivity contribution in [3.8, 4) is 11.5 Å². The number of fused-ring (bicyclic) bond motifs is 1. The van der Waals surface area contributed by atoms with Crippen LogP contribution in [-0.2, 0) is 11.0 Å². The lowest BCUT2D eigenvalue weighted by Gasteiger charge is -2.10. The summed E-state index contributed by atoms with van der Waals surface area (Å²) in [6, 6.07) is 8.42. The Labute approximate surface area is 166 Å². The average molecular weight is 427 g/mol. The molecule has 1 fully saturated rings. The van der Waals surface area contributed by atoms with Crippen molar-refractivity contribution >= 4 is 46.2 Å². The molecule has 1 amide bonds. The fourth-order valence-corrected chi connectivity index (χ4v) is 3.58. The van der Waals surface area contributed by atoms with Gasteiger partial charge in [0.1, 0.15) is 0 Å². The summed E-state index contributed by atoms with van der Waals surface area (Å²) < 4.78 is 50.1. The van der Waals surface area contributed by atoms with Gasteiger partial charge in [0.05, 0.1) is 16.2 Å². The van der Waals surface area contributed by atoms with E-state index in [9.17, 15) is 18.0 Å². The number of rotatable bonds is 2. The fraction of sp³-hybridized carbons (Fsp3) is 0.111. The van der Waals surface area contributed by atoms with Crippen LogP contribution in [0.5, 0.6) is 11.5 Å². The van der Waals surface area contributed by atoms with Crippen LogP contribution in [0.15, 0.2) is 46.3 Å². The van der Waals surface area contributed by atoms with Crippen LogP contribution in [-0.4, -0.2) is 17.9 Å². The Morgan fingerprint density at radius 3 is 2.71 bits per heavy atom. The molecule has 28 heavy (non-hydrogen) atoms. The van der Waals surface area contributed by atoms with Crippen LogP contribution in [0.1, 0.15) is 11.1 Å². The second-order valence-corrected chi connectivity index (χ2v) is 7.22. The largest absolute Gasteiger partial charge is 0.454 e. The van der Waals surface area contributed by atoms with Crippen molar-refractivity contribution in [2.45, 2.75) is 6.18 Å². The topological polar surface area (TPSA) is 59.9 Å². The predicted molar refractivity (Wildman–Crippen MR) is 99.8 cm³/mol.